The Kier molecular flexibility index (Phi) is 5.12. The van der Waals surface area contributed by atoms with Gasteiger partial charge in [0, 0.05) is 12.4 Å². The zero-order chi connectivity index (χ0) is 21.3. The van der Waals surface area contributed by atoms with E-state index in [9.17, 15) is 26.8 Å². The number of aromatic nitrogens is 2. The Bertz CT molecular complexity index is 1150. The number of carbonyl (C=O) groups is 2. The average molecular weight is 422 g/mol. The minimum Gasteiger partial charge on any atom is -0.345 e. The number of hydrogen-bond donors (Lipinski definition) is 2. The third-order valence-corrected chi connectivity index (χ3v) is 5.71. The molecule has 0 unspecified atom stereocenters. The number of fused-ring (bicyclic) bond motifs is 1. The summed E-state index contributed by atoms with van der Waals surface area (Å²) >= 11 is 0. The van der Waals surface area contributed by atoms with Gasteiger partial charge in [-0.1, -0.05) is 0 Å². The zero-order valence-electron chi connectivity index (χ0n) is 14.7. The van der Waals surface area contributed by atoms with Crippen LogP contribution in [-0.2, 0) is 14.8 Å². The number of nitrogens with one attached hydrogen (secondary N) is 2. The second kappa shape index (κ2) is 7.40. The van der Waals surface area contributed by atoms with Gasteiger partial charge in [-0.05, 0) is 19.1 Å². The highest BCUT2D eigenvalue weighted by Gasteiger charge is 2.41. The molecule has 1 aromatic heterocycles. The minimum atomic E-state index is -4.81. The van der Waals surface area contributed by atoms with Gasteiger partial charge in [0.05, 0.1) is 17.3 Å². The molecule has 150 valence electrons. The fraction of sp³-hybridized carbons (Fsp3) is 0.188. The van der Waals surface area contributed by atoms with Crippen LogP contribution in [0.5, 0.6) is 0 Å². The number of nitriles is 1. The lowest BCUT2D eigenvalue weighted by molar-refractivity contribution is -0.121. The molecular weight excluding hydrogens is 410 g/mol. The number of nitrogens with zero attached hydrogens (tertiary/aromatic N) is 4. The SMILES string of the molecule is C[C@@H](NC(=O)CN1C(=O)Nc2ccc(F)c(F)c2S1(=O)=O)c1ncc(C#N)cn1. The van der Waals surface area contributed by atoms with Crippen molar-refractivity contribution >= 4 is 27.6 Å². The molecule has 2 heterocycles. The molecule has 2 aromatic rings. The Morgan fingerprint density at radius 1 is 1.34 bits per heavy atom. The molecule has 1 atom stereocenters. The van der Waals surface area contributed by atoms with E-state index in [1.807, 2.05) is 6.07 Å². The summed E-state index contributed by atoms with van der Waals surface area (Å²) in [5, 5.41) is 13.2. The Balaban J connectivity index is 1.80. The monoisotopic (exact) mass is 422 g/mol. The standard InChI is InChI=1S/C16H12F2N6O4S/c1-8(15-20-5-9(4-19)6-21-15)22-12(25)7-24-16(26)23-11-3-2-10(17)13(18)14(11)29(24,27)28/h2-3,5-6,8H,7H2,1H3,(H,22,25)(H,23,26)/t8-/m1/s1. The van der Waals surface area contributed by atoms with Gasteiger partial charge in [0.2, 0.25) is 5.91 Å². The van der Waals surface area contributed by atoms with Crippen molar-refractivity contribution in [3.05, 3.63) is 47.5 Å². The number of halogens is 2. The fourth-order valence-electron chi connectivity index (χ4n) is 2.54. The number of hydrogen-bond acceptors (Lipinski definition) is 7. The Hall–Kier alpha value is -3.66. The molecule has 0 saturated carbocycles. The van der Waals surface area contributed by atoms with E-state index in [0.717, 1.165) is 6.07 Å². The summed E-state index contributed by atoms with van der Waals surface area (Å²) < 4.78 is 52.7. The lowest BCUT2D eigenvalue weighted by atomic mass is 10.3. The summed E-state index contributed by atoms with van der Waals surface area (Å²) in [6, 6.07) is 1.43. The largest absolute Gasteiger partial charge is 0.345 e. The Morgan fingerprint density at radius 3 is 2.62 bits per heavy atom. The highest BCUT2D eigenvalue weighted by molar-refractivity contribution is 7.90. The van der Waals surface area contributed by atoms with Crippen LogP contribution in [0.1, 0.15) is 24.4 Å². The van der Waals surface area contributed by atoms with Crippen molar-refractivity contribution in [2.24, 2.45) is 0 Å². The van der Waals surface area contributed by atoms with Crippen LogP contribution in [0.2, 0.25) is 0 Å². The molecule has 1 aliphatic rings. The first kappa shape index (κ1) is 20.1. The topological polar surface area (TPSA) is 145 Å². The fourth-order valence-corrected chi connectivity index (χ4v) is 4.03. The number of anilines is 1. The maximum Gasteiger partial charge on any atom is 0.336 e. The smallest absolute Gasteiger partial charge is 0.336 e. The normalized spacial score (nSPS) is 15.7. The van der Waals surface area contributed by atoms with Crippen LogP contribution in [0, 0.1) is 23.0 Å². The minimum absolute atomic E-state index is 0.0968. The summed E-state index contributed by atoms with van der Waals surface area (Å²) in [7, 11) is -4.81. The van der Waals surface area contributed by atoms with Gasteiger partial charge >= 0.3 is 6.03 Å². The number of benzene rings is 1. The van der Waals surface area contributed by atoms with Crippen LogP contribution in [-0.4, -0.2) is 41.2 Å². The van der Waals surface area contributed by atoms with Crippen LogP contribution in [0.25, 0.3) is 0 Å². The second-order valence-corrected chi connectivity index (χ2v) is 7.71. The molecule has 2 N–H and O–H groups in total. The summed E-state index contributed by atoms with van der Waals surface area (Å²) in [6.45, 7) is 0.512. The number of sulfonamides is 1. The van der Waals surface area contributed by atoms with Gasteiger partial charge < -0.3 is 10.6 Å². The highest BCUT2D eigenvalue weighted by Crippen LogP contribution is 2.33. The first-order valence-electron chi connectivity index (χ1n) is 7.98. The van der Waals surface area contributed by atoms with Crippen LogP contribution in [0.4, 0.5) is 19.3 Å². The molecule has 0 saturated heterocycles. The van der Waals surface area contributed by atoms with Gasteiger partial charge in [-0.25, -0.2) is 36.3 Å². The zero-order valence-corrected chi connectivity index (χ0v) is 15.5. The van der Waals surface area contributed by atoms with E-state index in [1.54, 1.807) is 0 Å². The van der Waals surface area contributed by atoms with E-state index in [1.165, 1.54) is 19.3 Å². The van der Waals surface area contributed by atoms with Crippen molar-refractivity contribution in [1.82, 2.24) is 19.6 Å². The van der Waals surface area contributed by atoms with Crippen molar-refractivity contribution in [2.75, 3.05) is 11.9 Å². The third-order valence-electron chi connectivity index (χ3n) is 3.92. The third kappa shape index (κ3) is 3.69. The molecule has 29 heavy (non-hydrogen) atoms. The van der Waals surface area contributed by atoms with Crippen molar-refractivity contribution in [1.29, 1.82) is 5.26 Å². The van der Waals surface area contributed by atoms with Crippen LogP contribution in [0.15, 0.2) is 29.4 Å². The van der Waals surface area contributed by atoms with E-state index in [0.29, 0.717) is 6.07 Å². The molecule has 3 rings (SSSR count). The first-order chi connectivity index (χ1) is 13.6. The van der Waals surface area contributed by atoms with Crippen LogP contribution < -0.4 is 10.6 Å². The van der Waals surface area contributed by atoms with E-state index in [2.05, 4.69) is 20.6 Å². The molecule has 0 aliphatic carbocycles. The molecule has 0 radical (unpaired) electrons. The Labute approximate surface area is 163 Å². The summed E-state index contributed by atoms with van der Waals surface area (Å²) in [6.07, 6.45) is 2.48. The van der Waals surface area contributed by atoms with Crippen molar-refractivity contribution in [2.45, 2.75) is 17.9 Å². The molecular formula is C16H12F2N6O4S. The average Bonchev–Trinajstić information content (AvgIpc) is 2.67. The highest BCUT2D eigenvalue weighted by atomic mass is 32.2. The molecule has 0 spiro atoms. The van der Waals surface area contributed by atoms with Gasteiger partial charge in [-0.3, -0.25) is 4.79 Å². The first-order valence-corrected chi connectivity index (χ1v) is 9.42. The lowest BCUT2D eigenvalue weighted by Crippen LogP contribution is -2.49. The lowest BCUT2D eigenvalue weighted by Gasteiger charge is -2.28. The van der Waals surface area contributed by atoms with Gasteiger partial charge in [0.1, 0.15) is 23.3 Å². The van der Waals surface area contributed by atoms with E-state index < -0.39 is 56.8 Å². The quantitative estimate of drug-likeness (QED) is 0.749. The molecule has 0 fully saturated rings. The number of amides is 3. The van der Waals surface area contributed by atoms with Gasteiger partial charge in [-0.2, -0.15) is 5.26 Å². The van der Waals surface area contributed by atoms with E-state index in [4.69, 9.17) is 5.26 Å². The number of urea groups is 1. The molecule has 10 nitrogen and oxygen atoms in total. The van der Waals surface area contributed by atoms with Crippen LogP contribution in [0.3, 0.4) is 0 Å². The maximum absolute atomic E-state index is 14.0. The van der Waals surface area contributed by atoms with E-state index in [-0.39, 0.29) is 15.7 Å². The predicted molar refractivity (Wildman–Crippen MR) is 92.6 cm³/mol. The predicted octanol–water partition coefficient (Wildman–Crippen LogP) is 1.04. The van der Waals surface area contributed by atoms with Gasteiger partial charge in [-0.15, -0.1) is 0 Å². The molecule has 1 aliphatic heterocycles. The summed E-state index contributed by atoms with van der Waals surface area (Å²) in [5.74, 6) is -3.85. The molecule has 3 amide bonds. The number of carbonyl (C=O) groups excluding carboxylic acids is 2. The molecule has 1 aromatic carbocycles. The van der Waals surface area contributed by atoms with Crippen LogP contribution >= 0.6 is 0 Å². The molecule has 13 heteroatoms. The van der Waals surface area contributed by atoms with Crippen molar-refractivity contribution < 1.29 is 26.8 Å². The van der Waals surface area contributed by atoms with Crippen molar-refractivity contribution in [3.8, 4) is 6.07 Å². The number of rotatable bonds is 4. The van der Waals surface area contributed by atoms with E-state index >= 15 is 0 Å². The Morgan fingerprint density at radius 2 is 2.00 bits per heavy atom. The molecule has 0 bridgehead atoms. The summed E-state index contributed by atoms with van der Waals surface area (Å²) in [4.78, 5) is 31.1. The van der Waals surface area contributed by atoms with Crippen molar-refractivity contribution in [3.63, 3.8) is 0 Å². The summed E-state index contributed by atoms with van der Waals surface area (Å²) in [5.41, 5.74) is -0.221. The van der Waals surface area contributed by atoms with Gasteiger partial charge in [0.15, 0.2) is 11.6 Å². The van der Waals surface area contributed by atoms with Gasteiger partial charge in [0.25, 0.3) is 10.0 Å². The maximum atomic E-state index is 14.0. The second-order valence-electron chi connectivity index (χ2n) is 5.91.